The van der Waals surface area contributed by atoms with Crippen LogP contribution in [-0.2, 0) is 18.9 Å². The van der Waals surface area contributed by atoms with E-state index in [2.05, 4.69) is 32.1 Å². The van der Waals surface area contributed by atoms with Crippen molar-refractivity contribution in [2.45, 2.75) is 87.9 Å². The van der Waals surface area contributed by atoms with Crippen molar-refractivity contribution in [1.29, 1.82) is 0 Å². The van der Waals surface area contributed by atoms with Gasteiger partial charge in [0.1, 0.15) is 32.8 Å². The number of hydrogen-bond donors (Lipinski definition) is 0. The van der Waals surface area contributed by atoms with E-state index in [1.54, 1.807) is 12.2 Å². The van der Waals surface area contributed by atoms with E-state index in [-0.39, 0.29) is 12.3 Å². The van der Waals surface area contributed by atoms with Gasteiger partial charge in [-0.25, -0.2) is 22.3 Å². The molecule has 0 atom stereocenters. The highest BCUT2D eigenvalue weighted by atomic mass is 19.4. The number of unbranched alkanes of at least 4 members (excludes halogenated alkanes) is 2. The molecule has 238 valence electrons. The molecule has 0 aliphatic rings. The maximum Gasteiger partial charge on any atom is 0.527 e. The van der Waals surface area contributed by atoms with Crippen LogP contribution < -0.4 is 0 Å². The number of halogens is 13. The van der Waals surface area contributed by atoms with Gasteiger partial charge in [-0.1, -0.05) is 25.0 Å². The molecular weight excluding hydrogens is 587 g/mol. The van der Waals surface area contributed by atoms with E-state index in [0.29, 0.717) is 12.8 Å². The van der Waals surface area contributed by atoms with E-state index in [1.165, 1.54) is 0 Å². The van der Waals surface area contributed by atoms with E-state index < -0.39 is 75.8 Å². The Bertz CT molecular complexity index is 733. The lowest BCUT2D eigenvalue weighted by molar-refractivity contribution is -0.432. The van der Waals surface area contributed by atoms with E-state index in [1.807, 2.05) is 0 Å². The van der Waals surface area contributed by atoms with Gasteiger partial charge < -0.3 is 9.47 Å². The molecule has 0 aromatic rings. The zero-order chi connectivity index (χ0) is 31.3. The highest BCUT2D eigenvalue weighted by molar-refractivity contribution is 4.79. The number of ether oxygens (including phenoxy) is 4. The van der Waals surface area contributed by atoms with Crippen molar-refractivity contribution in [1.82, 2.24) is 0 Å². The van der Waals surface area contributed by atoms with Crippen LogP contribution in [0.1, 0.15) is 51.4 Å². The minimum Gasteiger partial charge on any atom is -0.366 e. The zero-order valence-electron chi connectivity index (χ0n) is 21.2. The normalized spacial score (nSPS) is 14.2. The molecule has 0 bridgehead atoms. The first-order valence-corrected chi connectivity index (χ1v) is 11.8. The average molecular weight is 618 g/mol. The molecule has 0 heterocycles. The summed E-state index contributed by atoms with van der Waals surface area (Å²) < 4.78 is 183. The summed E-state index contributed by atoms with van der Waals surface area (Å²) in [6, 6.07) is 0. The first-order valence-electron chi connectivity index (χ1n) is 11.8. The van der Waals surface area contributed by atoms with Crippen molar-refractivity contribution in [3.63, 3.8) is 0 Å². The Hall–Kier alpha value is -1.59. The minimum absolute atomic E-state index is 0.00163. The second kappa shape index (κ2) is 16.2. The van der Waals surface area contributed by atoms with Gasteiger partial charge in [-0.05, 0) is 31.6 Å². The van der Waals surface area contributed by atoms with Crippen LogP contribution >= 0.6 is 0 Å². The fourth-order valence-corrected chi connectivity index (χ4v) is 3.34. The average Bonchev–Trinajstić information content (AvgIpc) is 2.69. The zero-order valence-corrected chi connectivity index (χ0v) is 21.2. The van der Waals surface area contributed by atoms with Crippen molar-refractivity contribution in [2.24, 2.45) is 5.92 Å². The highest BCUT2D eigenvalue weighted by Gasteiger charge is 2.52. The van der Waals surface area contributed by atoms with Gasteiger partial charge in [-0.3, -0.25) is 4.74 Å². The van der Waals surface area contributed by atoms with Crippen molar-refractivity contribution in [3.05, 3.63) is 25.3 Å². The van der Waals surface area contributed by atoms with Crippen LogP contribution in [0.2, 0.25) is 0 Å². The fraction of sp³-hybridized carbons (Fsp3) is 0.826. The molecule has 4 nitrogen and oxygen atoms in total. The molecule has 0 rings (SSSR count). The van der Waals surface area contributed by atoms with Crippen LogP contribution in [0.3, 0.4) is 0 Å². The molecule has 17 heteroatoms. The summed E-state index contributed by atoms with van der Waals surface area (Å²) in [6.45, 7) is -1.30. The first-order chi connectivity index (χ1) is 18.0. The van der Waals surface area contributed by atoms with Crippen molar-refractivity contribution < 1.29 is 76.0 Å². The monoisotopic (exact) mass is 618 g/mol. The number of rotatable bonds is 23. The molecule has 0 unspecified atom stereocenters. The smallest absolute Gasteiger partial charge is 0.366 e. The van der Waals surface area contributed by atoms with Gasteiger partial charge >= 0.3 is 24.7 Å². The third-order valence-corrected chi connectivity index (χ3v) is 4.85. The van der Waals surface area contributed by atoms with Gasteiger partial charge in [0.25, 0.3) is 11.8 Å². The molecule has 0 spiro atoms. The molecule has 0 amide bonds. The third kappa shape index (κ3) is 20.3. The Kier molecular flexibility index (Phi) is 15.5. The van der Waals surface area contributed by atoms with Gasteiger partial charge in [0, 0.05) is 6.42 Å². The van der Waals surface area contributed by atoms with Crippen LogP contribution in [0.4, 0.5) is 57.1 Å². The molecule has 0 aliphatic heterocycles. The quantitative estimate of drug-likeness (QED) is 0.0652. The van der Waals surface area contributed by atoms with E-state index in [4.69, 9.17) is 0 Å². The Morgan fingerprint density at radius 3 is 1.50 bits per heavy atom. The lowest BCUT2D eigenvalue weighted by atomic mass is 9.94. The van der Waals surface area contributed by atoms with Crippen LogP contribution in [0.15, 0.2) is 25.3 Å². The molecule has 40 heavy (non-hydrogen) atoms. The summed E-state index contributed by atoms with van der Waals surface area (Å²) in [5.41, 5.74) is 0. The maximum absolute atomic E-state index is 13.9. The van der Waals surface area contributed by atoms with Crippen molar-refractivity contribution in [3.8, 4) is 0 Å². The summed E-state index contributed by atoms with van der Waals surface area (Å²) in [7, 11) is 0. The Balaban J connectivity index is 4.54. The maximum atomic E-state index is 13.9. The largest absolute Gasteiger partial charge is 0.527 e. The summed E-state index contributed by atoms with van der Waals surface area (Å²) in [4.78, 5) is 0. The van der Waals surface area contributed by atoms with Gasteiger partial charge in [0.05, 0.1) is 0 Å². The SMILES string of the molecule is C=CCC(CC=C)CCCCCC(F)(F)COCC(F)(F)OC(F)(F)CC(F)(F)COCC(F)(F)OC(F)(F)F. The summed E-state index contributed by atoms with van der Waals surface area (Å²) >= 11 is 0. The highest BCUT2D eigenvalue weighted by Crippen LogP contribution is 2.37. The lowest BCUT2D eigenvalue weighted by Gasteiger charge is -2.27. The summed E-state index contributed by atoms with van der Waals surface area (Å²) in [5.74, 6) is -8.20. The van der Waals surface area contributed by atoms with E-state index in [9.17, 15) is 57.1 Å². The topological polar surface area (TPSA) is 36.9 Å². The third-order valence-electron chi connectivity index (χ3n) is 4.85. The second-order valence-electron chi connectivity index (χ2n) is 8.95. The van der Waals surface area contributed by atoms with Crippen LogP contribution in [0.25, 0.3) is 0 Å². The Labute approximate surface area is 222 Å². The van der Waals surface area contributed by atoms with Gasteiger partial charge in [0.2, 0.25) is 0 Å². The minimum atomic E-state index is -5.88. The van der Waals surface area contributed by atoms with E-state index >= 15 is 0 Å². The van der Waals surface area contributed by atoms with Gasteiger partial charge in [-0.15, -0.1) is 26.3 Å². The standard InChI is InChI=1S/C23H31F13O4/c1-3-8-17(9-4-2)10-6-5-7-11-18(24,25)13-37-15-21(30,31)39-20(28,29)12-19(26,27)14-38-16-22(32,33)40-23(34,35)36/h3-4,17H,1-2,5-16H2. The fourth-order valence-electron chi connectivity index (χ4n) is 3.34. The second-order valence-corrected chi connectivity index (χ2v) is 8.95. The summed E-state index contributed by atoms with van der Waals surface area (Å²) in [5, 5.41) is 0. The molecular formula is C23H31F13O4. The predicted octanol–water partition coefficient (Wildman–Crippen LogP) is 8.73. The molecule has 0 aliphatic carbocycles. The van der Waals surface area contributed by atoms with Crippen LogP contribution in [0.5, 0.6) is 0 Å². The molecule has 0 saturated heterocycles. The van der Waals surface area contributed by atoms with Crippen molar-refractivity contribution in [2.75, 3.05) is 26.4 Å². The number of alkyl halides is 13. The number of hydrogen-bond acceptors (Lipinski definition) is 4. The Morgan fingerprint density at radius 1 is 0.550 bits per heavy atom. The molecule has 0 N–H and O–H groups in total. The van der Waals surface area contributed by atoms with Gasteiger partial charge in [0.15, 0.2) is 0 Å². The van der Waals surface area contributed by atoms with Crippen molar-refractivity contribution >= 4 is 0 Å². The summed E-state index contributed by atoms with van der Waals surface area (Å²) in [6.07, 6.45) is -18.5. The number of allylic oxidation sites excluding steroid dienone is 2. The predicted molar refractivity (Wildman–Crippen MR) is 115 cm³/mol. The van der Waals surface area contributed by atoms with E-state index in [0.717, 1.165) is 19.3 Å². The molecule has 0 saturated carbocycles. The molecule has 0 aromatic heterocycles. The molecule has 0 fully saturated rings. The van der Waals surface area contributed by atoms with Crippen LogP contribution in [-0.4, -0.2) is 63.0 Å². The van der Waals surface area contributed by atoms with Gasteiger partial charge in [-0.2, -0.15) is 26.3 Å². The lowest BCUT2D eigenvalue weighted by Crippen LogP contribution is -2.43. The molecule has 0 aromatic carbocycles. The van der Waals surface area contributed by atoms with Crippen LogP contribution in [0, 0.1) is 5.92 Å². The first kappa shape index (κ1) is 38.4. The molecule has 0 radical (unpaired) electrons. The Morgan fingerprint density at radius 2 is 1.02 bits per heavy atom.